The van der Waals surface area contributed by atoms with Crippen LogP contribution in [0.25, 0.3) is 11.3 Å². The maximum atomic E-state index is 10.8. The number of carbonyl (C=O) groups is 1. The van der Waals surface area contributed by atoms with Crippen LogP contribution in [0.3, 0.4) is 0 Å². The van der Waals surface area contributed by atoms with Crippen LogP contribution in [0.4, 0.5) is 0 Å². The minimum Gasteiger partial charge on any atom is -0.496 e. The Balaban J connectivity index is 2.48. The molecule has 0 bridgehead atoms. The van der Waals surface area contributed by atoms with Gasteiger partial charge in [0.05, 0.1) is 19.3 Å². The van der Waals surface area contributed by atoms with Gasteiger partial charge in [-0.15, -0.1) is 0 Å². The molecule has 0 fully saturated rings. The van der Waals surface area contributed by atoms with Crippen molar-refractivity contribution in [2.24, 2.45) is 0 Å². The average Bonchev–Trinajstić information content (AvgIpc) is 2.88. The molecule has 0 saturated carbocycles. The second-order valence-corrected chi connectivity index (χ2v) is 3.81. The van der Waals surface area contributed by atoms with Gasteiger partial charge in [-0.2, -0.15) is 0 Å². The van der Waals surface area contributed by atoms with Gasteiger partial charge in [0.1, 0.15) is 5.75 Å². The van der Waals surface area contributed by atoms with Crippen molar-refractivity contribution in [1.29, 1.82) is 0 Å². The fraction of sp³-hybridized carbons (Fsp3) is 0.231. The first kappa shape index (κ1) is 13.1. The smallest absolute Gasteiger partial charge is 0.358 e. The van der Waals surface area contributed by atoms with Gasteiger partial charge < -0.3 is 19.1 Å². The average molecular weight is 263 g/mol. The van der Waals surface area contributed by atoms with Crippen molar-refractivity contribution in [3.05, 3.63) is 35.5 Å². The molecule has 6 heteroatoms. The summed E-state index contributed by atoms with van der Waals surface area (Å²) in [6.07, 6.45) is 0. The summed E-state index contributed by atoms with van der Waals surface area (Å²) in [7, 11) is 3.12. The van der Waals surface area contributed by atoms with Gasteiger partial charge in [-0.05, 0) is 6.07 Å². The molecule has 1 aromatic heterocycles. The van der Waals surface area contributed by atoms with E-state index in [1.54, 1.807) is 13.2 Å². The Morgan fingerprint density at radius 2 is 2.21 bits per heavy atom. The van der Waals surface area contributed by atoms with E-state index >= 15 is 0 Å². The van der Waals surface area contributed by atoms with Crippen LogP contribution < -0.4 is 4.74 Å². The Hall–Kier alpha value is -2.34. The number of aromatic carboxylic acids is 1. The van der Waals surface area contributed by atoms with Crippen molar-refractivity contribution >= 4 is 5.97 Å². The number of rotatable bonds is 5. The van der Waals surface area contributed by atoms with Crippen LogP contribution in [0, 0.1) is 0 Å². The van der Waals surface area contributed by atoms with Gasteiger partial charge in [0.2, 0.25) is 0 Å². The lowest BCUT2D eigenvalue weighted by atomic mass is 10.1. The Labute approximate surface area is 109 Å². The van der Waals surface area contributed by atoms with E-state index in [0.29, 0.717) is 23.7 Å². The number of methoxy groups -OCH3 is 2. The fourth-order valence-corrected chi connectivity index (χ4v) is 1.79. The molecule has 0 aliphatic heterocycles. The summed E-state index contributed by atoms with van der Waals surface area (Å²) < 4.78 is 15.5. The number of hydrogen-bond donors (Lipinski definition) is 1. The fourth-order valence-electron chi connectivity index (χ4n) is 1.79. The largest absolute Gasteiger partial charge is 0.496 e. The predicted molar refractivity (Wildman–Crippen MR) is 66.2 cm³/mol. The van der Waals surface area contributed by atoms with E-state index in [4.69, 9.17) is 19.1 Å². The van der Waals surface area contributed by atoms with Crippen LogP contribution in [-0.4, -0.2) is 30.5 Å². The number of benzene rings is 1. The van der Waals surface area contributed by atoms with Crippen molar-refractivity contribution in [2.45, 2.75) is 6.61 Å². The number of para-hydroxylation sites is 1. The molecule has 2 aromatic rings. The van der Waals surface area contributed by atoms with E-state index in [0.717, 1.165) is 5.56 Å². The van der Waals surface area contributed by atoms with Crippen LogP contribution in [0.2, 0.25) is 0 Å². The third kappa shape index (κ3) is 2.58. The van der Waals surface area contributed by atoms with Gasteiger partial charge >= 0.3 is 5.97 Å². The van der Waals surface area contributed by atoms with Crippen molar-refractivity contribution in [1.82, 2.24) is 5.16 Å². The van der Waals surface area contributed by atoms with Crippen molar-refractivity contribution in [2.75, 3.05) is 14.2 Å². The number of nitrogens with zero attached hydrogens (tertiary/aromatic N) is 1. The molecule has 0 radical (unpaired) electrons. The summed E-state index contributed by atoms with van der Waals surface area (Å²) in [6.45, 7) is 0.386. The zero-order valence-corrected chi connectivity index (χ0v) is 10.5. The molecule has 0 unspecified atom stereocenters. The lowest BCUT2D eigenvalue weighted by molar-refractivity contribution is 0.0686. The summed E-state index contributed by atoms with van der Waals surface area (Å²) in [5, 5.41) is 12.3. The molecular weight excluding hydrogens is 250 g/mol. The third-order valence-electron chi connectivity index (χ3n) is 2.60. The molecule has 1 N–H and O–H groups in total. The predicted octanol–water partition coefficient (Wildman–Crippen LogP) is 2.19. The first-order chi connectivity index (χ1) is 9.17. The highest BCUT2D eigenvalue weighted by atomic mass is 16.5. The summed E-state index contributed by atoms with van der Waals surface area (Å²) in [5.74, 6) is -0.216. The highest BCUT2D eigenvalue weighted by molar-refractivity contribution is 5.86. The number of carboxylic acid groups (broad SMARTS) is 1. The maximum Gasteiger partial charge on any atom is 0.358 e. The van der Waals surface area contributed by atoms with E-state index in [1.165, 1.54) is 13.2 Å². The molecule has 100 valence electrons. The van der Waals surface area contributed by atoms with E-state index in [1.807, 2.05) is 12.1 Å². The van der Waals surface area contributed by atoms with Gasteiger partial charge in [0, 0.05) is 18.7 Å². The molecule has 1 heterocycles. The van der Waals surface area contributed by atoms with Crippen LogP contribution in [0.5, 0.6) is 5.75 Å². The molecule has 0 amide bonds. The second-order valence-electron chi connectivity index (χ2n) is 3.81. The van der Waals surface area contributed by atoms with Gasteiger partial charge in [-0.1, -0.05) is 17.3 Å². The van der Waals surface area contributed by atoms with Crippen LogP contribution in [-0.2, 0) is 11.3 Å². The zero-order valence-electron chi connectivity index (χ0n) is 10.5. The van der Waals surface area contributed by atoms with Crippen LogP contribution in [0.1, 0.15) is 16.1 Å². The Kier molecular flexibility index (Phi) is 3.82. The van der Waals surface area contributed by atoms with Crippen LogP contribution >= 0.6 is 0 Å². The molecule has 0 aliphatic rings. The SMILES string of the molecule is COCc1cccc(-c2cc(C(=O)O)no2)c1OC. The number of hydrogen-bond acceptors (Lipinski definition) is 5. The topological polar surface area (TPSA) is 81.8 Å². The van der Waals surface area contributed by atoms with Gasteiger partial charge in [-0.3, -0.25) is 0 Å². The molecule has 19 heavy (non-hydrogen) atoms. The van der Waals surface area contributed by atoms with Gasteiger partial charge in [0.25, 0.3) is 0 Å². The monoisotopic (exact) mass is 263 g/mol. The number of ether oxygens (including phenoxy) is 2. The van der Waals surface area contributed by atoms with E-state index in [-0.39, 0.29) is 5.69 Å². The van der Waals surface area contributed by atoms with E-state index in [9.17, 15) is 4.79 Å². The quantitative estimate of drug-likeness (QED) is 0.890. The summed E-state index contributed by atoms with van der Waals surface area (Å²) in [5.41, 5.74) is 1.34. The van der Waals surface area contributed by atoms with Crippen molar-refractivity contribution in [3.63, 3.8) is 0 Å². The molecule has 1 aromatic carbocycles. The van der Waals surface area contributed by atoms with Crippen molar-refractivity contribution in [3.8, 4) is 17.1 Å². The molecule has 0 atom stereocenters. The van der Waals surface area contributed by atoms with Gasteiger partial charge in [-0.25, -0.2) is 4.79 Å². The lowest BCUT2D eigenvalue weighted by Gasteiger charge is -2.10. The molecule has 2 rings (SSSR count). The van der Waals surface area contributed by atoms with Crippen molar-refractivity contribution < 1.29 is 23.9 Å². The first-order valence-electron chi connectivity index (χ1n) is 5.52. The first-order valence-corrected chi connectivity index (χ1v) is 5.52. The molecule has 0 aliphatic carbocycles. The summed E-state index contributed by atoms with van der Waals surface area (Å²) in [4.78, 5) is 10.8. The van der Waals surface area contributed by atoms with Gasteiger partial charge in [0.15, 0.2) is 11.5 Å². The number of aromatic nitrogens is 1. The molecular formula is C13H13NO5. The highest BCUT2D eigenvalue weighted by Crippen LogP contribution is 2.33. The normalized spacial score (nSPS) is 10.4. The maximum absolute atomic E-state index is 10.8. The Bertz CT molecular complexity index is 590. The highest BCUT2D eigenvalue weighted by Gasteiger charge is 2.17. The molecule has 6 nitrogen and oxygen atoms in total. The molecule has 0 spiro atoms. The minimum atomic E-state index is -1.14. The van der Waals surface area contributed by atoms with E-state index < -0.39 is 5.97 Å². The Morgan fingerprint density at radius 1 is 1.42 bits per heavy atom. The zero-order chi connectivity index (χ0) is 13.8. The molecule has 0 saturated heterocycles. The number of carboxylic acids is 1. The summed E-state index contributed by atoms with van der Waals surface area (Å²) >= 11 is 0. The van der Waals surface area contributed by atoms with Crippen LogP contribution in [0.15, 0.2) is 28.8 Å². The van der Waals surface area contributed by atoms with E-state index in [2.05, 4.69) is 5.16 Å². The minimum absolute atomic E-state index is 0.144. The Morgan fingerprint density at radius 3 is 2.79 bits per heavy atom. The lowest BCUT2D eigenvalue weighted by Crippen LogP contribution is -1.96. The summed E-state index contributed by atoms with van der Waals surface area (Å²) in [6, 6.07) is 6.80. The second kappa shape index (κ2) is 5.53. The third-order valence-corrected chi connectivity index (χ3v) is 2.60. The standard InChI is InChI=1S/C13H13NO5/c1-17-7-8-4-3-5-9(12(8)18-2)11-6-10(13(15)16)14-19-11/h3-6H,7H2,1-2H3,(H,15,16).